The number of nitrogens with zero attached hydrogens (tertiary/aromatic N) is 2. The number of aliphatic hydroxyl groups is 4. The Hall–Kier alpha value is -3.26. The smallest absolute Gasteiger partial charge is 0.311 e. The molecule has 12 heteroatoms. The van der Waals surface area contributed by atoms with Crippen molar-refractivity contribution in [2.45, 2.75) is 277 Å². The fourth-order valence-electron chi connectivity index (χ4n) is 17.5. The van der Waals surface area contributed by atoms with Crippen LogP contribution in [0.1, 0.15) is 228 Å². The van der Waals surface area contributed by atoms with Crippen LogP contribution < -0.4 is 18.9 Å². The number of likely N-dealkylation sites (tertiary alicyclic amines) is 2. The van der Waals surface area contributed by atoms with Gasteiger partial charge in [-0.05, 0) is 138 Å². The largest absolute Gasteiger partial charge is 0.482 e. The van der Waals surface area contributed by atoms with Gasteiger partial charge in [0.2, 0.25) is 0 Å². The molecule has 10 aliphatic rings. The second-order valence-electron chi connectivity index (χ2n) is 26.3. The van der Waals surface area contributed by atoms with Crippen molar-refractivity contribution < 1.29 is 49.0 Å². The van der Waals surface area contributed by atoms with E-state index in [-0.39, 0.29) is 24.0 Å². The Morgan fingerprint density at radius 1 is 0.500 bits per heavy atom. The third kappa shape index (κ3) is 9.36. The molecule has 0 amide bonds. The monoisotopic (exact) mass is 1050 g/mol. The van der Waals surface area contributed by atoms with Crippen LogP contribution in [0.25, 0.3) is 0 Å². The van der Waals surface area contributed by atoms with Crippen LogP contribution in [0.5, 0.6) is 23.0 Å². The van der Waals surface area contributed by atoms with E-state index in [0.29, 0.717) is 61.5 Å². The highest BCUT2D eigenvalue weighted by Gasteiger charge is 2.74. The zero-order valence-corrected chi connectivity index (χ0v) is 45.9. The highest BCUT2D eigenvalue weighted by Crippen LogP contribution is 2.67. The average molecular weight is 1050 g/mol. The quantitative estimate of drug-likeness (QED) is 0.0382. The summed E-state index contributed by atoms with van der Waals surface area (Å²) in [5.41, 5.74) is 1.11. The Balaban J connectivity index is 0.481. The highest BCUT2D eigenvalue weighted by atomic mass is 16.6. The molecule has 4 saturated carbocycles. The minimum atomic E-state index is -0.963. The molecule has 4 bridgehead atoms. The number of hydrogen-bond acceptors (Lipinski definition) is 12. The lowest BCUT2D eigenvalue weighted by molar-refractivity contribution is -0.209. The van der Waals surface area contributed by atoms with Crippen LogP contribution in [-0.4, -0.2) is 116 Å². The van der Waals surface area contributed by atoms with E-state index in [9.17, 15) is 30.0 Å². The summed E-state index contributed by atoms with van der Waals surface area (Å²) in [4.78, 5) is 31.4. The molecule has 2 spiro atoms. The number of piperidine rings is 2. The number of benzene rings is 2. The van der Waals surface area contributed by atoms with Crippen LogP contribution in [0.3, 0.4) is 0 Å². The molecule has 10 atom stereocenters. The summed E-state index contributed by atoms with van der Waals surface area (Å²) < 4.78 is 25.2. The van der Waals surface area contributed by atoms with Crippen LogP contribution in [0, 0.1) is 11.8 Å². The number of unbranched alkanes of at least 4 members (excludes halogenated alkanes) is 17. The topological polar surface area (TPSA) is 158 Å². The number of carbonyl (C=O) groups excluding carboxylic acids is 2. The first-order valence-electron chi connectivity index (χ1n) is 31.4. The fraction of sp³-hybridized carbons (Fsp3) is 0.781. The fourth-order valence-corrected chi connectivity index (χ4v) is 17.5. The molecule has 418 valence electrons. The molecule has 2 aromatic carbocycles. The van der Waals surface area contributed by atoms with E-state index in [1.54, 1.807) is 0 Å². The number of ether oxygens (including phenoxy) is 4. The van der Waals surface area contributed by atoms with Gasteiger partial charge in [-0.2, -0.15) is 0 Å². The Morgan fingerprint density at radius 2 is 0.855 bits per heavy atom. The van der Waals surface area contributed by atoms with Crippen molar-refractivity contribution in [1.29, 1.82) is 0 Å². The predicted octanol–water partition coefficient (Wildman–Crippen LogP) is 10.6. The molecule has 4 N–H and O–H groups in total. The number of carbonyl (C=O) groups is 2. The van der Waals surface area contributed by atoms with Crippen LogP contribution in [-0.2, 0) is 33.3 Å². The maximum absolute atomic E-state index is 13.2. The average Bonchev–Trinajstić information content (AvgIpc) is 4.15. The molecule has 4 aliphatic heterocycles. The second kappa shape index (κ2) is 22.3. The number of aliphatic hydroxyl groups excluding tert-OH is 2. The van der Waals surface area contributed by atoms with Crippen molar-refractivity contribution >= 4 is 11.9 Å². The summed E-state index contributed by atoms with van der Waals surface area (Å²) in [6.45, 7) is 3.89. The number of hydrogen-bond donors (Lipinski definition) is 4. The van der Waals surface area contributed by atoms with E-state index >= 15 is 0 Å². The van der Waals surface area contributed by atoms with E-state index in [4.69, 9.17) is 18.9 Å². The van der Waals surface area contributed by atoms with Crippen molar-refractivity contribution in [1.82, 2.24) is 9.80 Å². The van der Waals surface area contributed by atoms with Gasteiger partial charge in [0.25, 0.3) is 0 Å². The lowest BCUT2D eigenvalue weighted by atomic mass is 9.48. The molecule has 0 unspecified atom stereocenters. The molecule has 76 heavy (non-hydrogen) atoms. The van der Waals surface area contributed by atoms with Crippen molar-refractivity contribution in [2.75, 3.05) is 26.2 Å². The van der Waals surface area contributed by atoms with Crippen LogP contribution in [0.4, 0.5) is 0 Å². The predicted molar refractivity (Wildman–Crippen MR) is 291 cm³/mol. The van der Waals surface area contributed by atoms with Gasteiger partial charge in [0.05, 0.1) is 34.2 Å². The number of esters is 2. The summed E-state index contributed by atoms with van der Waals surface area (Å²) in [6.07, 6.45) is 32.7. The van der Waals surface area contributed by atoms with E-state index in [1.165, 1.54) is 127 Å². The van der Waals surface area contributed by atoms with E-state index in [2.05, 4.69) is 21.9 Å². The van der Waals surface area contributed by atoms with Crippen molar-refractivity contribution in [3.8, 4) is 23.0 Å². The molecule has 2 saturated heterocycles. The Morgan fingerprint density at radius 3 is 1.20 bits per heavy atom. The van der Waals surface area contributed by atoms with Gasteiger partial charge in [0.1, 0.15) is 12.2 Å². The molecule has 2 aromatic rings. The van der Waals surface area contributed by atoms with Gasteiger partial charge >= 0.3 is 11.9 Å². The third-order valence-corrected chi connectivity index (χ3v) is 21.9. The first-order valence-corrected chi connectivity index (χ1v) is 31.4. The molecule has 12 nitrogen and oxygen atoms in total. The molecule has 6 fully saturated rings. The van der Waals surface area contributed by atoms with Gasteiger partial charge in [0, 0.05) is 49.1 Å². The molecule has 6 aliphatic carbocycles. The lowest BCUT2D eigenvalue weighted by Gasteiger charge is -2.64. The van der Waals surface area contributed by atoms with Crippen LogP contribution in [0.2, 0.25) is 0 Å². The van der Waals surface area contributed by atoms with Crippen molar-refractivity contribution in [3.05, 3.63) is 46.5 Å². The summed E-state index contributed by atoms with van der Waals surface area (Å²) in [5.74, 6) is 3.06. The minimum absolute atomic E-state index is 0.0218. The maximum Gasteiger partial charge on any atom is 0.311 e. The van der Waals surface area contributed by atoms with Crippen molar-refractivity contribution in [2.24, 2.45) is 11.8 Å². The molecule has 12 rings (SSSR count). The van der Waals surface area contributed by atoms with E-state index in [0.717, 1.165) is 113 Å². The molecular weight excluding hydrogens is 957 g/mol. The Labute approximate surface area is 453 Å². The number of rotatable bonds is 27. The van der Waals surface area contributed by atoms with Gasteiger partial charge in [-0.25, -0.2) is 0 Å². The van der Waals surface area contributed by atoms with E-state index in [1.807, 2.05) is 12.1 Å². The minimum Gasteiger partial charge on any atom is -0.482 e. The Bertz CT molecular complexity index is 2240. The first kappa shape index (κ1) is 53.4. The van der Waals surface area contributed by atoms with Crippen LogP contribution >= 0.6 is 0 Å². The summed E-state index contributed by atoms with van der Waals surface area (Å²) in [5, 5.41) is 47.9. The summed E-state index contributed by atoms with van der Waals surface area (Å²) in [7, 11) is 0. The standard InChI is InChI=1S/C64H92N2O10/c67-47-31-33-63(71)51-39-45-27-29-49(57-55(45)61(63,59(47)75-57)35-37-65(51)41-43-21-19-22-43)73-53(69)25-17-15-13-11-9-7-5-3-1-2-4-6-8-10-12-14-16-18-26-54(70)74-50-30-28-46-40-52-64(72)34-32-48(68)60-62(64,56(46)58(50)76-60)36-38-66(52)42-44-23-20-24-44/h27-30,43-44,47-48,51-52,59-60,67-68,71-72H,1-26,31-42H2/t47-,48-,51+,52+,59-,60-,61-,62-,63+,64+/m0/s1. The van der Waals surface area contributed by atoms with Gasteiger partial charge in [-0.3, -0.25) is 19.4 Å². The summed E-state index contributed by atoms with van der Waals surface area (Å²) >= 11 is 0. The van der Waals surface area contributed by atoms with Crippen LogP contribution in [0.15, 0.2) is 24.3 Å². The molecule has 0 radical (unpaired) electrons. The van der Waals surface area contributed by atoms with Gasteiger partial charge in [-0.1, -0.05) is 128 Å². The van der Waals surface area contributed by atoms with E-state index < -0.39 is 46.4 Å². The zero-order valence-electron chi connectivity index (χ0n) is 45.9. The second-order valence-corrected chi connectivity index (χ2v) is 26.3. The summed E-state index contributed by atoms with van der Waals surface area (Å²) in [6, 6.07) is 8.02. The molecule has 0 aromatic heterocycles. The van der Waals surface area contributed by atoms with Gasteiger partial charge in [-0.15, -0.1) is 0 Å². The van der Waals surface area contributed by atoms with Crippen molar-refractivity contribution in [3.63, 3.8) is 0 Å². The maximum atomic E-state index is 13.2. The third-order valence-electron chi connectivity index (χ3n) is 21.9. The lowest BCUT2D eigenvalue weighted by Crippen LogP contribution is -2.77. The SMILES string of the molecule is O=C(CCCCCCCCCCCCCCCCCCCCC(=O)Oc1ccc2c3c1O[C@H]1[C@@H](O)CC[C@@]4(O)[C@@H](C2)N(CC2CCC2)CC[C@]314)Oc1ccc2c3c1O[C@H]1[C@@H](O)CC[C@@]4(O)[C@@H](C2)N(CC2CCC2)CC[C@]314. The first-order chi connectivity index (χ1) is 37.0. The van der Waals surface area contributed by atoms with Gasteiger partial charge < -0.3 is 39.4 Å². The highest BCUT2D eigenvalue weighted by molar-refractivity contribution is 5.76. The molecular formula is C64H92N2O10. The Kier molecular flexibility index (Phi) is 15.7. The molecule has 4 heterocycles. The zero-order chi connectivity index (χ0) is 52.1. The van der Waals surface area contributed by atoms with Gasteiger partial charge in [0.15, 0.2) is 23.0 Å². The normalized spacial score (nSPS) is 33.6.